The molecule has 0 unspecified atom stereocenters. The first-order valence-electron chi connectivity index (χ1n) is 3.91. The molecule has 1 aliphatic rings. The van der Waals surface area contributed by atoms with E-state index >= 15 is 0 Å². The van der Waals surface area contributed by atoms with E-state index in [-0.39, 0.29) is 7.92 Å². The quantitative estimate of drug-likeness (QED) is 0.605. The van der Waals surface area contributed by atoms with Crippen LogP contribution >= 0.6 is 31.4 Å². The molecule has 1 rings (SSSR count). The predicted octanol–water partition coefficient (Wildman–Crippen LogP) is 3.52. The monoisotopic (exact) mass is 208 g/mol. The van der Waals surface area contributed by atoms with Gasteiger partial charge in [0.25, 0.3) is 0 Å². The molecular weight excluding hydrogens is 191 g/mol. The summed E-state index contributed by atoms with van der Waals surface area (Å²) >= 11 is 4.34. The average molecular weight is 208 g/mol. The zero-order valence-electron chi connectivity index (χ0n) is 7.76. The zero-order chi connectivity index (χ0) is 8.48. The van der Waals surface area contributed by atoms with Crippen LogP contribution in [0.15, 0.2) is 0 Å². The molecule has 0 saturated carbocycles. The van der Waals surface area contributed by atoms with Gasteiger partial charge in [0.05, 0.1) is 4.32 Å². The molecule has 0 aromatic carbocycles. The van der Waals surface area contributed by atoms with E-state index in [0.29, 0.717) is 5.41 Å². The van der Waals surface area contributed by atoms with E-state index in [9.17, 15) is 0 Å². The van der Waals surface area contributed by atoms with Crippen LogP contribution < -0.4 is 0 Å². The van der Waals surface area contributed by atoms with Gasteiger partial charge in [-0.15, -0.1) is 23.5 Å². The molecule has 0 atom stereocenters. The first-order valence-corrected chi connectivity index (χ1v) is 8.31. The Morgan fingerprint density at radius 3 is 2.00 bits per heavy atom. The first-order chi connectivity index (χ1) is 5.01. The number of rotatable bonds is 1. The Labute approximate surface area is 80.0 Å². The van der Waals surface area contributed by atoms with Crippen LogP contribution in [0, 0.1) is 5.41 Å². The van der Waals surface area contributed by atoms with Gasteiger partial charge in [0.15, 0.2) is 0 Å². The fraction of sp³-hybridized carbons (Fsp3) is 1.00. The van der Waals surface area contributed by atoms with E-state index in [1.807, 2.05) is 0 Å². The molecule has 1 heterocycles. The maximum Gasteiger partial charge on any atom is 0.0690 e. The van der Waals surface area contributed by atoms with E-state index < -0.39 is 0 Å². The normalized spacial score (nSPS) is 25.9. The Morgan fingerprint density at radius 1 is 1.18 bits per heavy atom. The van der Waals surface area contributed by atoms with Crippen LogP contribution in [-0.2, 0) is 0 Å². The van der Waals surface area contributed by atoms with Crippen LogP contribution in [0.4, 0.5) is 0 Å². The molecule has 0 aliphatic carbocycles. The predicted molar refractivity (Wildman–Crippen MR) is 61.3 cm³/mol. The van der Waals surface area contributed by atoms with Gasteiger partial charge < -0.3 is 0 Å². The fourth-order valence-corrected chi connectivity index (χ4v) is 6.13. The molecule has 0 spiro atoms. The minimum atomic E-state index is 0.266. The molecule has 0 bridgehead atoms. The van der Waals surface area contributed by atoms with Crippen molar-refractivity contribution in [3.63, 3.8) is 0 Å². The van der Waals surface area contributed by atoms with E-state index in [1.165, 1.54) is 11.5 Å². The summed E-state index contributed by atoms with van der Waals surface area (Å²) in [5, 5.41) is 0. The van der Waals surface area contributed by atoms with Crippen molar-refractivity contribution in [2.24, 2.45) is 5.41 Å². The molecule has 3 heteroatoms. The molecule has 11 heavy (non-hydrogen) atoms. The van der Waals surface area contributed by atoms with Gasteiger partial charge in [0, 0.05) is 11.5 Å². The summed E-state index contributed by atoms with van der Waals surface area (Å²) in [6.45, 7) is 9.52. The lowest BCUT2D eigenvalue weighted by atomic mass is 10.0. The average Bonchev–Trinajstić information content (AvgIpc) is 1.86. The number of hydrogen-bond donors (Lipinski definition) is 0. The summed E-state index contributed by atoms with van der Waals surface area (Å²) < 4.78 is 0.915. The smallest absolute Gasteiger partial charge is 0.0690 e. The third-order valence-electron chi connectivity index (χ3n) is 1.65. The van der Waals surface area contributed by atoms with Gasteiger partial charge in [-0.05, 0) is 18.7 Å². The van der Waals surface area contributed by atoms with E-state index in [1.54, 1.807) is 0 Å². The Hall–Kier alpha value is 1.13. The number of hydrogen-bond acceptors (Lipinski definition) is 2. The lowest BCUT2D eigenvalue weighted by molar-refractivity contribution is 0.490. The summed E-state index contributed by atoms with van der Waals surface area (Å²) in [5.41, 5.74) is 0.581. The van der Waals surface area contributed by atoms with Crippen LogP contribution in [0.5, 0.6) is 0 Å². The SMILES string of the molecule is CP(C)C1SCC(C)(C)CS1. The van der Waals surface area contributed by atoms with Crippen molar-refractivity contribution in [2.45, 2.75) is 18.2 Å². The van der Waals surface area contributed by atoms with Gasteiger partial charge in [0.1, 0.15) is 0 Å². The summed E-state index contributed by atoms with van der Waals surface area (Å²) in [5.74, 6) is 2.70. The van der Waals surface area contributed by atoms with Crippen LogP contribution in [0.3, 0.4) is 0 Å². The minimum Gasteiger partial charge on any atom is -0.142 e. The summed E-state index contributed by atoms with van der Waals surface area (Å²) in [7, 11) is 0.266. The van der Waals surface area contributed by atoms with Crippen molar-refractivity contribution < 1.29 is 0 Å². The molecule has 0 nitrogen and oxygen atoms in total. The standard InChI is InChI=1S/C8H17PS2/c1-8(2)5-10-7(9(3)4)11-6-8/h7H,5-6H2,1-4H3. The van der Waals surface area contributed by atoms with Crippen molar-refractivity contribution in [3.8, 4) is 0 Å². The van der Waals surface area contributed by atoms with E-state index in [0.717, 1.165) is 4.32 Å². The molecule has 1 aliphatic heterocycles. The largest absolute Gasteiger partial charge is 0.142 e. The third kappa shape index (κ3) is 3.16. The highest BCUT2D eigenvalue weighted by Gasteiger charge is 2.28. The molecule has 0 radical (unpaired) electrons. The Balaban J connectivity index is 2.36. The van der Waals surface area contributed by atoms with E-state index in [4.69, 9.17) is 0 Å². The van der Waals surface area contributed by atoms with Gasteiger partial charge in [-0.3, -0.25) is 0 Å². The molecule has 66 valence electrons. The minimum absolute atomic E-state index is 0.266. The van der Waals surface area contributed by atoms with Gasteiger partial charge in [-0.25, -0.2) is 0 Å². The lowest BCUT2D eigenvalue weighted by Crippen LogP contribution is -2.24. The summed E-state index contributed by atoms with van der Waals surface area (Å²) in [6, 6.07) is 0. The molecule has 0 N–H and O–H groups in total. The molecule has 1 fully saturated rings. The van der Waals surface area contributed by atoms with Gasteiger partial charge >= 0.3 is 0 Å². The van der Waals surface area contributed by atoms with E-state index in [2.05, 4.69) is 50.7 Å². The molecule has 0 amide bonds. The topological polar surface area (TPSA) is 0 Å². The third-order valence-corrected chi connectivity index (χ3v) is 9.21. The lowest BCUT2D eigenvalue weighted by Gasteiger charge is -2.35. The maximum atomic E-state index is 2.39. The van der Waals surface area contributed by atoms with Crippen molar-refractivity contribution in [1.82, 2.24) is 0 Å². The second-order valence-corrected chi connectivity index (χ2v) is 9.68. The molecule has 0 aromatic heterocycles. The number of thioether (sulfide) groups is 2. The van der Waals surface area contributed by atoms with Gasteiger partial charge in [0.2, 0.25) is 0 Å². The van der Waals surface area contributed by atoms with Crippen molar-refractivity contribution >= 4 is 31.4 Å². The highest BCUT2D eigenvalue weighted by molar-refractivity contribution is 8.24. The summed E-state index contributed by atoms with van der Waals surface area (Å²) in [4.78, 5) is 0. The Bertz CT molecular complexity index is 124. The molecule has 1 saturated heterocycles. The highest BCUT2D eigenvalue weighted by Crippen LogP contribution is 2.53. The van der Waals surface area contributed by atoms with Crippen molar-refractivity contribution in [2.75, 3.05) is 24.8 Å². The molecule has 0 aromatic rings. The first kappa shape index (κ1) is 10.2. The van der Waals surface area contributed by atoms with Crippen LogP contribution in [0.25, 0.3) is 0 Å². The van der Waals surface area contributed by atoms with Crippen LogP contribution in [0.2, 0.25) is 0 Å². The Morgan fingerprint density at radius 2 is 1.64 bits per heavy atom. The second-order valence-electron chi connectivity index (χ2n) is 4.06. The van der Waals surface area contributed by atoms with Crippen LogP contribution in [0.1, 0.15) is 13.8 Å². The highest BCUT2D eigenvalue weighted by atomic mass is 32.2. The fourth-order valence-electron chi connectivity index (χ4n) is 0.982. The summed E-state index contributed by atoms with van der Waals surface area (Å²) in [6.07, 6.45) is 0. The second kappa shape index (κ2) is 3.89. The van der Waals surface area contributed by atoms with Gasteiger partial charge in [-0.1, -0.05) is 21.8 Å². The van der Waals surface area contributed by atoms with Crippen LogP contribution in [-0.4, -0.2) is 29.2 Å². The van der Waals surface area contributed by atoms with Crippen molar-refractivity contribution in [1.29, 1.82) is 0 Å². The van der Waals surface area contributed by atoms with Gasteiger partial charge in [-0.2, -0.15) is 0 Å². The Kier molecular flexibility index (Phi) is 3.61. The van der Waals surface area contributed by atoms with Crippen molar-refractivity contribution in [3.05, 3.63) is 0 Å². The molecular formula is C8H17PS2. The maximum absolute atomic E-state index is 2.39. The zero-order valence-corrected chi connectivity index (χ0v) is 10.3.